The first-order chi connectivity index (χ1) is 7.11. The molecule has 0 saturated heterocycles. The predicted molar refractivity (Wildman–Crippen MR) is 54.1 cm³/mol. The second-order valence-corrected chi connectivity index (χ2v) is 3.58. The fourth-order valence-corrected chi connectivity index (χ4v) is 1.19. The smallest absolute Gasteiger partial charge is 0.317 e. The number of rotatable bonds is 6. The number of aliphatic carboxylic acids is 1. The summed E-state index contributed by atoms with van der Waals surface area (Å²) in [6.45, 7) is 0.0136. The quantitative estimate of drug-likeness (QED) is 0.568. The van der Waals surface area contributed by atoms with Gasteiger partial charge < -0.3 is 10.4 Å². The van der Waals surface area contributed by atoms with Crippen LogP contribution in [0.15, 0.2) is 0 Å². The topological polar surface area (TPSA) is 69.6 Å². The van der Waals surface area contributed by atoms with Crippen LogP contribution in [-0.4, -0.2) is 47.6 Å². The molecule has 1 aliphatic carbocycles. The van der Waals surface area contributed by atoms with Crippen LogP contribution in [0.2, 0.25) is 0 Å². The average Bonchev–Trinajstić information content (AvgIpc) is 2.86. The highest BCUT2D eigenvalue weighted by Gasteiger charge is 2.24. The van der Waals surface area contributed by atoms with Gasteiger partial charge >= 0.3 is 5.97 Å². The van der Waals surface area contributed by atoms with E-state index in [-0.39, 0.29) is 31.6 Å². The molecule has 0 bridgehead atoms. The largest absolute Gasteiger partial charge is 0.480 e. The third-order valence-corrected chi connectivity index (χ3v) is 1.98. The summed E-state index contributed by atoms with van der Waals surface area (Å²) in [5, 5.41) is 11.3. The van der Waals surface area contributed by atoms with E-state index in [4.69, 9.17) is 11.5 Å². The van der Waals surface area contributed by atoms with Gasteiger partial charge in [-0.15, -0.1) is 6.42 Å². The van der Waals surface area contributed by atoms with Crippen molar-refractivity contribution in [3.63, 3.8) is 0 Å². The van der Waals surface area contributed by atoms with Crippen LogP contribution in [0.1, 0.15) is 12.8 Å². The Hall–Kier alpha value is -1.54. The molecule has 5 nitrogen and oxygen atoms in total. The highest BCUT2D eigenvalue weighted by atomic mass is 16.4. The van der Waals surface area contributed by atoms with Gasteiger partial charge in [-0.25, -0.2) is 0 Å². The Labute approximate surface area is 88.4 Å². The average molecular weight is 210 g/mol. The van der Waals surface area contributed by atoms with Crippen LogP contribution in [0.5, 0.6) is 0 Å². The van der Waals surface area contributed by atoms with Gasteiger partial charge in [-0.1, -0.05) is 5.92 Å². The van der Waals surface area contributed by atoms with Crippen LogP contribution >= 0.6 is 0 Å². The van der Waals surface area contributed by atoms with Gasteiger partial charge in [-0.05, 0) is 12.8 Å². The normalized spacial score (nSPS) is 14.7. The van der Waals surface area contributed by atoms with Gasteiger partial charge in [-0.3, -0.25) is 14.5 Å². The molecule has 1 saturated carbocycles. The SMILES string of the molecule is C#CCN(CC(=O)O)CC(=O)NC1CC1. The molecule has 1 amide bonds. The molecule has 0 aromatic rings. The van der Waals surface area contributed by atoms with E-state index in [2.05, 4.69) is 11.2 Å². The Bertz CT molecular complexity index is 292. The van der Waals surface area contributed by atoms with E-state index in [1.807, 2.05) is 0 Å². The van der Waals surface area contributed by atoms with Crippen LogP contribution in [0, 0.1) is 12.3 Å². The Morgan fingerprint density at radius 2 is 2.13 bits per heavy atom. The number of carbonyl (C=O) groups is 2. The second kappa shape index (κ2) is 5.37. The van der Waals surface area contributed by atoms with Gasteiger partial charge in [-0.2, -0.15) is 0 Å². The summed E-state index contributed by atoms with van der Waals surface area (Å²) in [7, 11) is 0. The summed E-state index contributed by atoms with van der Waals surface area (Å²) in [5.41, 5.74) is 0. The number of carboxylic acids is 1. The minimum Gasteiger partial charge on any atom is -0.480 e. The summed E-state index contributed by atoms with van der Waals surface area (Å²) in [5.74, 6) is 1.19. The van der Waals surface area contributed by atoms with E-state index in [9.17, 15) is 9.59 Å². The molecule has 0 radical (unpaired) electrons. The monoisotopic (exact) mass is 210 g/mol. The zero-order chi connectivity index (χ0) is 11.3. The first kappa shape index (κ1) is 11.5. The summed E-state index contributed by atoms with van der Waals surface area (Å²) in [6, 6.07) is 0.287. The third kappa shape index (κ3) is 5.03. The minimum absolute atomic E-state index is 0.0486. The Morgan fingerprint density at radius 3 is 2.60 bits per heavy atom. The maximum Gasteiger partial charge on any atom is 0.317 e. The number of carbonyl (C=O) groups excluding carboxylic acids is 1. The molecule has 82 valence electrons. The fraction of sp³-hybridized carbons (Fsp3) is 0.600. The number of hydrogen-bond donors (Lipinski definition) is 2. The first-order valence-corrected chi connectivity index (χ1v) is 4.79. The zero-order valence-corrected chi connectivity index (χ0v) is 8.40. The van der Waals surface area contributed by atoms with Gasteiger partial charge in [0.1, 0.15) is 0 Å². The summed E-state index contributed by atoms with van der Waals surface area (Å²) in [4.78, 5) is 23.2. The molecule has 0 aromatic carbocycles. The summed E-state index contributed by atoms with van der Waals surface area (Å²) < 4.78 is 0. The van der Waals surface area contributed by atoms with E-state index in [1.54, 1.807) is 0 Å². The van der Waals surface area contributed by atoms with Crippen molar-refractivity contribution in [1.82, 2.24) is 10.2 Å². The van der Waals surface area contributed by atoms with Crippen LogP contribution in [-0.2, 0) is 9.59 Å². The van der Waals surface area contributed by atoms with Gasteiger partial charge in [0.25, 0.3) is 0 Å². The van der Waals surface area contributed by atoms with Crippen molar-refractivity contribution in [3.8, 4) is 12.3 Å². The Balaban J connectivity index is 2.31. The van der Waals surface area contributed by atoms with Crippen molar-refractivity contribution >= 4 is 11.9 Å². The first-order valence-electron chi connectivity index (χ1n) is 4.79. The van der Waals surface area contributed by atoms with Crippen LogP contribution in [0.25, 0.3) is 0 Å². The van der Waals surface area contributed by atoms with Crippen LogP contribution < -0.4 is 5.32 Å². The number of carboxylic acid groups (broad SMARTS) is 1. The highest BCUT2D eigenvalue weighted by Crippen LogP contribution is 2.18. The van der Waals surface area contributed by atoms with E-state index >= 15 is 0 Å². The molecule has 15 heavy (non-hydrogen) atoms. The van der Waals surface area contributed by atoms with E-state index in [1.165, 1.54) is 4.90 Å². The maximum atomic E-state index is 11.3. The van der Waals surface area contributed by atoms with Crippen molar-refractivity contribution in [2.75, 3.05) is 19.6 Å². The number of hydrogen-bond acceptors (Lipinski definition) is 3. The zero-order valence-electron chi connectivity index (χ0n) is 8.40. The molecular formula is C10H14N2O3. The molecule has 2 N–H and O–H groups in total. The minimum atomic E-state index is -0.982. The highest BCUT2D eigenvalue weighted by molar-refractivity contribution is 5.79. The molecule has 5 heteroatoms. The van der Waals surface area contributed by atoms with E-state index < -0.39 is 5.97 Å². The molecule has 0 spiro atoms. The molecule has 1 fully saturated rings. The molecule has 0 atom stereocenters. The third-order valence-electron chi connectivity index (χ3n) is 1.98. The van der Waals surface area contributed by atoms with E-state index in [0.29, 0.717) is 0 Å². The molecule has 0 aliphatic heterocycles. The molecule has 0 aromatic heterocycles. The lowest BCUT2D eigenvalue weighted by atomic mass is 10.4. The number of nitrogens with zero attached hydrogens (tertiary/aromatic N) is 1. The Kier molecular flexibility index (Phi) is 4.13. The van der Waals surface area contributed by atoms with Crippen LogP contribution in [0.3, 0.4) is 0 Å². The van der Waals surface area contributed by atoms with Crippen molar-refractivity contribution in [1.29, 1.82) is 0 Å². The molecular weight excluding hydrogens is 196 g/mol. The van der Waals surface area contributed by atoms with Gasteiger partial charge in [0.05, 0.1) is 19.6 Å². The maximum absolute atomic E-state index is 11.3. The van der Waals surface area contributed by atoms with Crippen molar-refractivity contribution in [3.05, 3.63) is 0 Å². The lowest BCUT2D eigenvalue weighted by Gasteiger charge is -2.16. The molecule has 0 unspecified atom stereocenters. The summed E-state index contributed by atoms with van der Waals surface area (Å²) in [6.07, 6.45) is 7.11. The molecule has 1 aliphatic rings. The summed E-state index contributed by atoms with van der Waals surface area (Å²) >= 11 is 0. The number of terminal acetylenes is 1. The lowest BCUT2D eigenvalue weighted by molar-refractivity contribution is -0.138. The Morgan fingerprint density at radius 1 is 1.47 bits per heavy atom. The second-order valence-electron chi connectivity index (χ2n) is 3.58. The standard InChI is InChI=1S/C10H14N2O3/c1-2-5-12(7-10(14)15)6-9(13)11-8-3-4-8/h1,8H,3-7H2,(H,11,13)(H,14,15). The van der Waals surface area contributed by atoms with Gasteiger partial charge in [0.2, 0.25) is 5.91 Å². The fourth-order valence-electron chi connectivity index (χ4n) is 1.19. The van der Waals surface area contributed by atoms with Crippen LogP contribution in [0.4, 0.5) is 0 Å². The van der Waals surface area contributed by atoms with Crippen molar-refractivity contribution in [2.45, 2.75) is 18.9 Å². The number of amides is 1. The predicted octanol–water partition coefficient (Wildman–Crippen LogP) is -0.715. The lowest BCUT2D eigenvalue weighted by Crippen LogP contribution is -2.40. The number of nitrogens with one attached hydrogen (secondary N) is 1. The van der Waals surface area contributed by atoms with Gasteiger partial charge in [0, 0.05) is 6.04 Å². The van der Waals surface area contributed by atoms with E-state index in [0.717, 1.165) is 12.8 Å². The van der Waals surface area contributed by atoms with Crippen molar-refractivity contribution < 1.29 is 14.7 Å². The van der Waals surface area contributed by atoms with Gasteiger partial charge in [0.15, 0.2) is 0 Å². The molecule has 1 rings (SSSR count). The van der Waals surface area contributed by atoms with Crippen molar-refractivity contribution in [2.24, 2.45) is 0 Å². The molecule has 0 heterocycles.